The molecule has 0 amide bonds. The van der Waals surface area contributed by atoms with Gasteiger partial charge in [0.25, 0.3) is 0 Å². The lowest BCUT2D eigenvalue weighted by Crippen LogP contribution is -2.11. The molecule has 0 saturated carbocycles. The second kappa shape index (κ2) is 5.90. The monoisotopic (exact) mass is 298 g/mol. The molecule has 0 fully saturated rings. The van der Waals surface area contributed by atoms with Crippen LogP contribution in [0.3, 0.4) is 0 Å². The Labute approximate surface area is 114 Å². The maximum Gasteiger partial charge on any atom is 0.122 e. The van der Waals surface area contributed by atoms with Gasteiger partial charge >= 0.3 is 0 Å². The van der Waals surface area contributed by atoms with Gasteiger partial charge in [-0.3, -0.25) is 0 Å². The van der Waals surface area contributed by atoms with Gasteiger partial charge in [0.15, 0.2) is 0 Å². The number of hydrogen-bond acceptors (Lipinski definition) is 1. The van der Waals surface area contributed by atoms with E-state index in [1.54, 1.807) is 0 Å². The summed E-state index contributed by atoms with van der Waals surface area (Å²) in [5, 5.41) is 0.870. The molecular formula is C15H23BrO. The van der Waals surface area contributed by atoms with Crippen molar-refractivity contribution in [2.24, 2.45) is 5.41 Å². The van der Waals surface area contributed by atoms with Gasteiger partial charge in [-0.05, 0) is 48.4 Å². The van der Waals surface area contributed by atoms with Crippen LogP contribution in [0.2, 0.25) is 0 Å². The van der Waals surface area contributed by atoms with Gasteiger partial charge in [0.2, 0.25) is 0 Å². The normalized spacial score (nSPS) is 11.6. The van der Waals surface area contributed by atoms with E-state index >= 15 is 0 Å². The van der Waals surface area contributed by atoms with Gasteiger partial charge in [-0.25, -0.2) is 0 Å². The fraction of sp³-hybridized carbons (Fsp3) is 0.600. The maximum atomic E-state index is 5.71. The van der Waals surface area contributed by atoms with Crippen molar-refractivity contribution < 1.29 is 4.74 Å². The molecule has 17 heavy (non-hydrogen) atoms. The summed E-state index contributed by atoms with van der Waals surface area (Å²) in [5.41, 5.74) is 4.32. The Balaban J connectivity index is 2.93. The molecule has 0 saturated heterocycles. The van der Waals surface area contributed by atoms with Crippen LogP contribution >= 0.6 is 15.9 Å². The van der Waals surface area contributed by atoms with Crippen LogP contribution in [0.4, 0.5) is 0 Å². The molecule has 0 aliphatic heterocycles. The molecule has 2 heteroatoms. The van der Waals surface area contributed by atoms with E-state index in [2.05, 4.69) is 62.7 Å². The van der Waals surface area contributed by atoms with Crippen LogP contribution in [0.5, 0.6) is 5.75 Å². The summed E-state index contributed by atoms with van der Waals surface area (Å²) in [7, 11) is 0. The standard InChI is InChI=1S/C15H23BrO/c1-11-9-14(17-7-6-16)12(2)8-13(11)10-15(3,4)5/h8-9H,6-7,10H2,1-5H3. The van der Waals surface area contributed by atoms with Crippen molar-refractivity contribution in [3.8, 4) is 5.75 Å². The minimum Gasteiger partial charge on any atom is -0.492 e. The molecule has 0 aliphatic carbocycles. The number of aryl methyl sites for hydroxylation is 2. The van der Waals surface area contributed by atoms with E-state index < -0.39 is 0 Å². The Morgan fingerprint density at radius 1 is 1.12 bits per heavy atom. The van der Waals surface area contributed by atoms with Crippen molar-refractivity contribution >= 4 is 15.9 Å². The molecule has 0 radical (unpaired) electrons. The Hall–Kier alpha value is -0.500. The second-order valence-corrected chi connectivity index (χ2v) is 6.61. The van der Waals surface area contributed by atoms with Gasteiger partial charge in [0.1, 0.15) is 5.75 Å². The van der Waals surface area contributed by atoms with E-state index in [1.165, 1.54) is 16.7 Å². The summed E-state index contributed by atoms with van der Waals surface area (Å²) in [5.74, 6) is 1.01. The minimum atomic E-state index is 0.329. The third-order valence-electron chi connectivity index (χ3n) is 2.69. The number of ether oxygens (including phenoxy) is 1. The molecule has 0 atom stereocenters. The Bertz CT molecular complexity index is 377. The van der Waals surface area contributed by atoms with Crippen molar-refractivity contribution in [1.82, 2.24) is 0 Å². The molecule has 0 N–H and O–H groups in total. The number of benzene rings is 1. The number of alkyl halides is 1. The lowest BCUT2D eigenvalue weighted by atomic mass is 9.86. The SMILES string of the molecule is Cc1cc(OCCBr)c(C)cc1CC(C)(C)C. The van der Waals surface area contributed by atoms with Gasteiger partial charge in [0.05, 0.1) is 6.61 Å². The lowest BCUT2D eigenvalue weighted by Gasteiger charge is -2.21. The fourth-order valence-electron chi connectivity index (χ4n) is 1.92. The molecule has 1 nitrogen and oxygen atoms in total. The van der Waals surface area contributed by atoms with Crippen LogP contribution in [0.15, 0.2) is 12.1 Å². The van der Waals surface area contributed by atoms with E-state index in [9.17, 15) is 0 Å². The zero-order chi connectivity index (χ0) is 13.1. The second-order valence-electron chi connectivity index (χ2n) is 5.82. The predicted octanol–water partition coefficient (Wildman–Crippen LogP) is 4.67. The van der Waals surface area contributed by atoms with Crippen molar-refractivity contribution in [3.05, 3.63) is 28.8 Å². The molecule has 0 bridgehead atoms. The van der Waals surface area contributed by atoms with Crippen molar-refractivity contribution in [2.75, 3.05) is 11.9 Å². The summed E-state index contributed by atoms with van der Waals surface area (Å²) < 4.78 is 5.71. The molecule has 0 spiro atoms. The highest BCUT2D eigenvalue weighted by atomic mass is 79.9. The molecule has 96 valence electrons. The molecule has 0 heterocycles. The summed E-state index contributed by atoms with van der Waals surface area (Å²) >= 11 is 3.38. The topological polar surface area (TPSA) is 9.23 Å². The fourth-order valence-corrected chi connectivity index (χ4v) is 2.08. The maximum absolute atomic E-state index is 5.71. The van der Waals surface area contributed by atoms with E-state index in [0.717, 1.165) is 24.1 Å². The number of hydrogen-bond donors (Lipinski definition) is 0. The third kappa shape index (κ3) is 4.71. The average Bonchev–Trinajstić information content (AvgIpc) is 2.19. The summed E-state index contributed by atoms with van der Waals surface area (Å²) in [6.45, 7) is 11.8. The van der Waals surface area contributed by atoms with Gasteiger partial charge in [0, 0.05) is 5.33 Å². The largest absolute Gasteiger partial charge is 0.492 e. The van der Waals surface area contributed by atoms with E-state index in [-0.39, 0.29) is 0 Å². The molecule has 1 aromatic carbocycles. The highest BCUT2D eigenvalue weighted by molar-refractivity contribution is 9.09. The minimum absolute atomic E-state index is 0.329. The van der Waals surface area contributed by atoms with Gasteiger partial charge < -0.3 is 4.74 Å². The van der Waals surface area contributed by atoms with E-state index in [4.69, 9.17) is 4.74 Å². The van der Waals surface area contributed by atoms with Crippen LogP contribution < -0.4 is 4.74 Å². The Kier molecular flexibility index (Phi) is 5.05. The molecule has 0 aromatic heterocycles. The van der Waals surface area contributed by atoms with Gasteiger partial charge in [-0.1, -0.05) is 42.8 Å². The Morgan fingerprint density at radius 3 is 2.29 bits per heavy atom. The van der Waals surface area contributed by atoms with Crippen molar-refractivity contribution in [1.29, 1.82) is 0 Å². The first kappa shape index (κ1) is 14.6. The molecular weight excluding hydrogens is 276 g/mol. The molecule has 1 aromatic rings. The molecule has 1 rings (SSSR count). The average molecular weight is 299 g/mol. The summed E-state index contributed by atoms with van der Waals surface area (Å²) in [4.78, 5) is 0. The van der Waals surface area contributed by atoms with Gasteiger partial charge in [-0.15, -0.1) is 0 Å². The first-order valence-corrected chi connectivity index (χ1v) is 7.24. The van der Waals surface area contributed by atoms with E-state index in [0.29, 0.717) is 5.41 Å². The van der Waals surface area contributed by atoms with Crippen molar-refractivity contribution in [2.45, 2.75) is 41.0 Å². The predicted molar refractivity (Wildman–Crippen MR) is 78.4 cm³/mol. The quantitative estimate of drug-likeness (QED) is 0.734. The third-order valence-corrected chi connectivity index (χ3v) is 3.01. The smallest absolute Gasteiger partial charge is 0.122 e. The van der Waals surface area contributed by atoms with Crippen LogP contribution in [0, 0.1) is 19.3 Å². The number of rotatable bonds is 4. The first-order chi connectivity index (χ1) is 7.83. The van der Waals surface area contributed by atoms with Crippen molar-refractivity contribution in [3.63, 3.8) is 0 Å². The van der Waals surface area contributed by atoms with Gasteiger partial charge in [-0.2, -0.15) is 0 Å². The molecule has 0 unspecified atom stereocenters. The van der Waals surface area contributed by atoms with Crippen LogP contribution in [0.1, 0.15) is 37.5 Å². The molecule has 0 aliphatic rings. The Morgan fingerprint density at radius 2 is 1.76 bits per heavy atom. The number of halogens is 1. The summed E-state index contributed by atoms with van der Waals surface area (Å²) in [6.07, 6.45) is 1.11. The highest BCUT2D eigenvalue weighted by Crippen LogP contribution is 2.28. The lowest BCUT2D eigenvalue weighted by molar-refractivity contribution is 0.342. The van der Waals surface area contributed by atoms with Crippen LogP contribution in [-0.2, 0) is 6.42 Å². The van der Waals surface area contributed by atoms with Crippen LogP contribution in [-0.4, -0.2) is 11.9 Å². The highest BCUT2D eigenvalue weighted by Gasteiger charge is 2.14. The first-order valence-electron chi connectivity index (χ1n) is 6.12. The zero-order valence-electron chi connectivity index (χ0n) is 11.6. The zero-order valence-corrected chi connectivity index (χ0v) is 13.1. The van der Waals surface area contributed by atoms with E-state index in [1.807, 2.05) is 0 Å². The van der Waals surface area contributed by atoms with Crippen LogP contribution in [0.25, 0.3) is 0 Å². The summed E-state index contributed by atoms with van der Waals surface area (Å²) in [6, 6.07) is 4.43.